The first kappa shape index (κ1) is 18.4. The van der Waals surface area contributed by atoms with Crippen molar-refractivity contribution < 1.29 is 14.7 Å². The van der Waals surface area contributed by atoms with Gasteiger partial charge in [-0.25, -0.2) is 9.97 Å². The van der Waals surface area contributed by atoms with Crippen molar-refractivity contribution in [3.8, 4) is 5.75 Å². The lowest BCUT2D eigenvalue weighted by molar-refractivity contribution is 0.0731. The highest BCUT2D eigenvalue weighted by molar-refractivity contribution is 6.04. The van der Waals surface area contributed by atoms with Crippen molar-refractivity contribution in [1.82, 2.24) is 14.9 Å². The number of rotatable bonds is 3. The van der Waals surface area contributed by atoms with Crippen molar-refractivity contribution in [2.45, 2.75) is 13.0 Å². The lowest BCUT2D eigenvalue weighted by Gasteiger charge is -2.29. The maximum atomic E-state index is 12.8. The van der Waals surface area contributed by atoms with Crippen molar-refractivity contribution in [3.05, 3.63) is 77.1 Å². The third-order valence-corrected chi connectivity index (χ3v) is 4.83. The number of nitrogens with one attached hydrogen (secondary N) is 1. The molecule has 0 saturated carbocycles. The number of para-hydroxylation sites is 1. The molecule has 1 aliphatic rings. The zero-order chi connectivity index (χ0) is 20.4. The average molecular weight is 389 g/mol. The van der Waals surface area contributed by atoms with E-state index in [-0.39, 0.29) is 29.1 Å². The van der Waals surface area contributed by atoms with Gasteiger partial charge in [-0.3, -0.25) is 9.59 Å². The summed E-state index contributed by atoms with van der Waals surface area (Å²) in [6.07, 6.45) is 3.43. The number of phenols is 1. The Morgan fingerprint density at radius 3 is 2.59 bits per heavy atom. The molecule has 1 aromatic heterocycles. The molecule has 0 spiro atoms. The molecule has 1 aliphatic heterocycles. The van der Waals surface area contributed by atoms with E-state index in [0.717, 1.165) is 11.1 Å². The second kappa shape index (κ2) is 7.59. The summed E-state index contributed by atoms with van der Waals surface area (Å²) in [4.78, 5) is 34.5. The number of nitrogens with two attached hydrogens (primary N) is 1. The van der Waals surface area contributed by atoms with E-state index in [1.54, 1.807) is 23.1 Å². The smallest absolute Gasteiger partial charge is 0.258 e. The van der Waals surface area contributed by atoms with Gasteiger partial charge in [-0.15, -0.1) is 0 Å². The van der Waals surface area contributed by atoms with Crippen molar-refractivity contribution in [1.29, 1.82) is 0 Å². The van der Waals surface area contributed by atoms with Crippen LogP contribution in [0.4, 0.5) is 11.6 Å². The third kappa shape index (κ3) is 3.86. The lowest BCUT2D eigenvalue weighted by Crippen LogP contribution is -2.36. The quantitative estimate of drug-likeness (QED) is 0.631. The van der Waals surface area contributed by atoms with E-state index in [1.165, 1.54) is 18.5 Å². The number of amides is 2. The summed E-state index contributed by atoms with van der Waals surface area (Å²) in [5.41, 5.74) is 8.71. The standard InChI is InChI=1S/C21H19N5O3/c22-21-23-10-15(11-24-21)19(28)25-16-6-5-13-7-8-26(12-14(13)9-16)20(29)17-3-1-2-4-18(17)27/h1-6,9-11,27H,7-8,12H2,(H,25,28)(H2,22,23,24). The van der Waals surface area contributed by atoms with E-state index in [9.17, 15) is 14.7 Å². The molecule has 8 heteroatoms. The number of anilines is 2. The highest BCUT2D eigenvalue weighted by atomic mass is 16.3. The molecule has 4 rings (SSSR count). The molecule has 2 amide bonds. The molecule has 2 heterocycles. The van der Waals surface area contributed by atoms with Crippen molar-refractivity contribution in [2.75, 3.05) is 17.6 Å². The van der Waals surface area contributed by atoms with Gasteiger partial charge in [0.1, 0.15) is 5.75 Å². The number of nitrogen functional groups attached to an aromatic ring is 1. The molecule has 0 atom stereocenters. The van der Waals surface area contributed by atoms with Gasteiger partial charge in [0.05, 0.1) is 11.1 Å². The number of nitrogens with zero attached hydrogens (tertiary/aromatic N) is 3. The predicted molar refractivity (Wildman–Crippen MR) is 107 cm³/mol. The topological polar surface area (TPSA) is 121 Å². The van der Waals surface area contributed by atoms with Crippen LogP contribution >= 0.6 is 0 Å². The Kier molecular flexibility index (Phi) is 4.82. The Morgan fingerprint density at radius 2 is 1.83 bits per heavy atom. The molecule has 2 aromatic carbocycles. The van der Waals surface area contributed by atoms with Crippen molar-refractivity contribution in [2.24, 2.45) is 0 Å². The molecule has 3 aromatic rings. The summed E-state index contributed by atoms with van der Waals surface area (Å²) >= 11 is 0. The van der Waals surface area contributed by atoms with Gasteiger partial charge in [-0.1, -0.05) is 18.2 Å². The van der Waals surface area contributed by atoms with Gasteiger partial charge in [0.15, 0.2) is 0 Å². The Hall–Kier alpha value is -3.94. The molecule has 0 unspecified atom stereocenters. The fourth-order valence-corrected chi connectivity index (χ4v) is 3.29. The maximum absolute atomic E-state index is 12.8. The van der Waals surface area contributed by atoms with Crippen LogP contribution < -0.4 is 11.1 Å². The number of hydrogen-bond acceptors (Lipinski definition) is 6. The minimum absolute atomic E-state index is 0.0324. The first-order valence-electron chi connectivity index (χ1n) is 9.09. The van der Waals surface area contributed by atoms with Crippen molar-refractivity contribution >= 4 is 23.5 Å². The Labute approximate surface area is 167 Å². The van der Waals surface area contributed by atoms with Crippen LogP contribution in [0.1, 0.15) is 31.8 Å². The van der Waals surface area contributed by atoms with Gasteiger partial charge in [-0.05, 0) is 41.8 Å². The van der Waals surface area contributed by atoms with Gasteiger partial charge in [0.2, 0.25) is 5.95 Å². The van der Waals surface area contributed by atoms with Crippen LogP contribution in [-0.2, 0) is 13.0 Å². The van der Waals surface area contributed by atoms with E-state index in [1.807, 2.05) is 18.2 Å². The van der Waals surface area contributed by atoms with Crippen LogP contribution in [0.3, 0.4) is 0 Å². The Bertz CT molecular complexity index is 1080. The second-order valence-corrected chi connectivity index (χ2v) is 6.76. The molecule has 0 saturated heterocycles. The van der Waals surface area contributed by atoms with E-state index >= 15 is 0 Å². The fraction of sp³-hybridized carbons (Fsp3) is 0.143. The largest absolute Gasteiger partial charge is 0.507 e. The SMILES string of the molecule is Nc1ncc(C(=O)Nc2ccc3c(c2)CN(C(=O)c2ccccc2O)CC3)cn1. The van der Waals surface area contributed by atoms with Crippen molar-refractivity contribution in [3.63, 3.8) is 0 Å². The number of hydrogen-bond donors (Lipinski definition) is 3. The van der Waals surface area contributed by atoms with Gasteiger partial charge in [0.25, 0.3) is 11.8 Å². The molecule has 0 aliphatic carbocycles. The lowest BCUT2D eigenvalue weighted by atomic mass is 9.98. The summed E-state index contributed by atoms with van der Waals surface area (Å²) in [6.45, 7) is 0.964. The summed E-state index contributed by atoms with van der Waals surface area (Å²) < 4.78 is 0. The third-order valence-electron chi connectivity index (χ3n) is 4.83. The minimum atomic E-state index is -0.345. The summed E-state index contributed by atoms with van der Waals surface area (Å²) in [5.74, 6) is -0.496. The van der Waals surface area contributed by atoms with Crippen LogP contribution in [-0.4, -0.2) is 38.3 Å². The van der Waals surface area contributed by atoms with Crippen LogP contribution in [0.25, 0.3) is 0 Å². The minimum Gasteiger partial charge on any atom is -0.507 e. The monoisotopic (exact) mass is 389 g/mol. The highest BCUT2D eigenvalue weighted by Gasteiger charge is 2.24. The maximum Gasteiger partial charge on any atom is 0.258 e. The summed E-state index contributed by atoms with van der Waals surface area (Å²) in [5, 5.41) is 12.8. The summed E-state index contributed by atoms with van der Waals surface area (Å²) in [7, 11) is 0. The second-order valence-electron chi connectivity index (χ2n) is 6.76. The molecule has 146 valence electrons. The number of benzene rings is 2. The van der Waals surface area contributed by atoms with E-state index in [0.29, 0.717) is 30.8 Å². The zero-order valence-corrected chi connectivity index (χ0v) is 15.5. The predicted octanol–water partition coefficient (Wildman–Crippen LogP) is 2.22. The first-order valence-corrected chi connectivity index (χ1v) is 9.09. The number of aromatic hydroxyl groups is 1. The van der Waals surface area contributed by atoms with Gasteiger partial charge < -0.3 is 21.1 Å². The normalized spacial score (nSPS) is 12.9. The number of carbonyl (C=O) groups is 2. The van der Waals surface area contributed by atoms with Gasteiger partial charge in [-0.2, -0.15) is 0 Å². The number of phenolic OH excluding ortho intramolecular Hbond substituents is 1. The van der Waals surface area contributed by atoms with Gasteiger partial charge >= 0.3 is 0 Å². The molecular weight excluding hydrogens is 370 g/mol. The van der Waals surface area contributed by atoms with E-state index in [4.69, 9.17) is 5.73 Å². The van der Waals surface area contributed by atoms with E-state index in [2.05, 4.69) is 15.3 Å². The molecule has 4 N–H and O–H groups in total. The number of carbonyl (C=O) groups excluding carboxylic acids is 2. The molecule has 0 bridgehead atoms. The number of fused-ring (bicyclic) bond motifs is 1. The Balaban J connectivity index is 1.51. The Morgan fingerprint density at radius 1 is 1.07 bits per heavy atom. The van der Waals surface area contributed by atoms with E-state index < -0.39 is 0 Å². The summed E-state index contributed by atoms with van der Waals surface area (Å²) in [6, 6.07) is 12.1. The average Bonchev–Trinajstić information content (AvgIpc) is 2.73. The zero-order valence-electron chi connectivity index (χ0n) is 15.5. The molecule has 0 fully saturated rings. The molecular formula is C21H19N5O3. The van der Waals surface area contributed by atoms with Crippen LogP contribution in [0.15, 0.2) is 54.9 Å². The van der Waals surface area contributed by atoms with Crippen LogP contribution in [0.5, 0.6) is 5.75 Å². The highest BCUT2D eigenvalue weighted by Crippen LogP contribution is 2.26. The number of aromatic nitrogens is 2. The van der Waals surface area contributed by atoms with Crippen LogP contribution in [0.2, 0.25) is 0 Å². The molecule has 8 nitrogen and oxygen atoms in total. The molecule has 0 radical (unpaired) electrons. The first-order chi connectivity index (χ1) is 14.0. The molecule has 29 heavy (non-hydrogen) atoms. The van der Waals surface area contributed by atoms with Gasteiger partial charge in [0, 0.05) is 31.2 Å². The fourth-order valence-electron chi connectivity index (χ4n) is 3.29. The van der Waals surface area contributed by atoms with Crippen LogP contribution in [0, 0.1) is 0 Å².